The van der Waals surface area contributed by atoms with Crippen LogP contribution in [0.1, 0.15) is 22.9 Å². The van der Waals surface area contributed by atoms with E-state index in [2.05, 4.69) is 0 Å². The molecule has 17 heavy (non-hydrogen) atoms. The Balaban J connectivity index is 2.31. The molecule has 0 fully saturated rings. The lowest BCUT2D eigenvalue weighted by Crippen LogP contribution is -2.11. The fourth-order valence-electron chi connectivity index (χ4n) is 1.75. The first-order valence-corrected chi connectivity index (χ1v) is 5.65. The first-order chi connectivity index (χ1) is 8.11. The number of aryl methyl sites for hydroxylation is 1. The average Bonchev–Trinajstić information content (AvgIpc) is 2.75. The summed E-state index contributed by atoms with van der Waals surface area (Å²) in [5, 5.41) is 0.348. The summed E-state index contributed by atoms with van der Waals surface area (Å²) < 4.78 is 10.5. The Bertz CT molecular complexity index is 522. The maximum atomic E-state index is 6.10. The second-order valence-corrected chi connectivity index (χ2v) is 4.22. The van der Waals surface area contributed by atoms with E-state index in [1.807, 2.05) is 25.1 Å². The number of methoxy groups -OCH3 is 1. The molecule has 1 heterocycles. The summed E-state index contributed by atoms with van der Waals surface area (Å²) in [5.74, 6) is 1.50. The van der Waals surface area contributed by atoms with Crippen LogP contribution in [-0.2, 0) is 0 Å². The molecule has 0 aliphatic rings. The van der Waals surface area contributed by atoms with Gasteiger partial charge in [-0.05, 0) is 47.9 Å². The van der Waals surface area contributed by atoms with E-state index in [9.17, 15) is 0 Å². The van der Waals surface area contributed by atoms with E-state index in [4.69, 9.17) is 26.5 Å². The molecule has 0 aliphatic carbocycles. The highest BCUT2D eigenvalue weighted by molar-refractivity contribution is 6.28. The predicted molar refractivity (Wildman–Crippen MR) is 67.5 cm³/mol. The zero-order valence-corrected chi connectivity index (χ0v) is 10.5. The fourth-order valence-corrected chi connectivity index (χ4v) is 1.91. The van der Waals surface area contributed by atoms with Crippen molar-refractivity contribution in [1.82, 2.24) is 0 Å². The Labute approximate surface area is 105 Å². The van der Waals surface area contributed by atoms with Gasteiger partial charge in [0.15, 0.2) is 5.22 Å². The quantitative estimate of drug-likeness (QED) is 0.911. The van der Waals surface area contributed by atoms with Crippen molar-refractivity contribution in [2.45, 2.75) is 13.0 Å². The Morgan fingerprint density at radius 3 is 2.59 bits per heavy atom. The van der Waals surface area contributed by atoms with Crippen molar-refractivity contribution in [1.29, 1.82) is 0 Å². The summed E-state index contributed by atoms with van der Waals surface area (Å²) in [4.78, 5) is 0. The van der Waals surface area contributed by atoms with Crippen LogP contribution in [0.4, 0.5) is 0 Å². The highest BCUT2D eigenvalue weighted by Gasteiger charge is 2.14. The number of nitrogens with two attached hydrogens (primary N) is 1. The van der Waals surface area contributed by atoms with Crippen LogP contribution in [-0.4, -0.2) is 7.11 Å². The van der Waals surface area contributed by atoms with E-state index in [0.29, 0.717) is 11.0 Å². The molecule has 2 aromatic rings. The van der Waals surface area contributed by atoms with Crippen molar-refractivity contribution < 1.29 is 9.15 Å². The average molecular weight is 252 g/mol. The summed E-state index contributed by atoms with van der Waals surface area (Å²) >= 11 is 5.73. The van der Waals surface area contributed by atoms with Crippen LogP contribution >= 0.6 is 11.6 Å². The lowest BCUT2D eigenvalue weighted by atomic mass is 10.0. The van der Waals surface area contributed by atoms with Crippen LogP contribution < -0.4 is 10.5 Å². The topological polar surface area (TPSA) is 48.4 Å². The van der Waals surface area contributed by atoms with Crippen molar-refractivity contribution in [2.24, 2.45) is 5.73 Å². The van der Waals surface area contributed by atoms with Gasteiger partial charge in [-0.2, -0.15) is 0 Å². The third kappa shape index (κ3) is 2.46. The predicted octanol–water partition coefficient (Wildman–Crippen LogP) is 3.30. The largest absolute Gasteiger partial charge is 0.496 e. The van der Waals surface area contributed by atoms with Gasteiger partial charge in [0.1, 0.15) is 11.5 Å². The summed E-state index contributed by atoms with van der Waals surface area (Å²) in [5.41, 5.74) is 8.10. The molecule has 1 aromatic heterocycles. The van der Waals surface area contributed by atoms with Crippen LogP contribution in [0.3, 0.4) is 0 Å². The maximum Gasteiger partial charge on any atom is 0.193 e. The zero-order valence-electron chi connectivity index (χ0n) is 9.74. The fraction of sp³-hybridized carbons (Fsp3) is 0.231. The number of hydrogen-bond acceptors (Lipinski definition) is 3. The van der Waals surface area contributed by atoms with Crippen LogP contribution in [0.25, 0.3) is 0 Å². The lowest BCUT2D eigenvalue weighted by Gasteiger charge is -2.12. The molecule has 2 rings (SSSR count). The number of furan rings is 1. The Hall–Kier alpha value is -1.45. The number of ether oxygens (including phenoxy) is 1. The molecular formula is C13H14ClNO2. The molecule has 2 N–H and O–H groups in total. The minimum Gasteiger partial charge on any atom is -0.496 e. The molecule has 0 saturated carbocycles. The highest BCUT2D eigenvalue weighted by atomic mass is 35.5. The smallest absolute Gasteiger partial charge is 0.193 e. The van der Waals surface area contributed by atoms with Gasteiger partial charge in [0.05, 0.1) is 13.2 Å². The molecule has 0 saturated heterocycles. The van der Waals surface area contributed by atoms with Crippen molar-refractivity contribution in [3.05, 3.63) is 52.4 Å². The van der Waals surface area contributed by atoms with Gasteiger partial charge in [-0.25, -0.2) is 0 Å². The Morgan fingerprint density at radius 1 is 1.29 bits per heavy atom. The molecule has 4 heteroatoms. The van der Waals surface area contributed by atoms with Gasteiger partial charge in [0, 0.05) is 0 Å². The minimum atomic E-state index is -0.313. The molecule has 0 spiro atoms. The molecule has 90 valence electrons. The second-order valence-electron chi connectivity index (χ2n) is 3.85. The summed E-state index contributed by atoms with van der Waals surface area (Å²) in [6, 6.07) is 8.97. The molecule has 0 radical (unpaired) electrons. The first-order valence-electron chi connectivity index (χ1n) is 5.27. The van der Waals surface area contributed by atoms with Crippen molar-refractivity contribution >= 4 is 11.6 Å². The number of halogens is 1. The third-order valence-corrected chi connectivity index (χ3v) is 2.88. The summed E-state index contributed by atoms with van der Waals surface area (Å²) in [7, 11) is 1.65. The molecule has 1 aromatic carbocycles. The summed E-state index contributed by atoms with van der Waals surface area (Å²) in [6.07, 6.45) is 0. The van der Waals surface area contributed by atoms with Gasteiger partial charge in [-0.1, -0.05) is 12.1 Å². The van der Waals surface area contributed by atoms with E-state index in [1.165, 1.54) is 0 Å². The van der Waals surface area contributed by atoms with Gasteiger partial charge in [-0.15, -0.1) is 0 Å². The van der Waals surface area contributed by atoms with Gasteiger partial charge < -0.3 is 14.9 Å². The molecule has 0 bridgehead atoms. The second kappa shape index (κ2) is 4.82. The zero-order chi connectivity index (χ0) is 12.4. The van der Waals surface area contributed by atoms with Crippen LogP contribution in [0.2, 0.25) is 5.22 Å². The molecule has 0 aliphatic heterocycles. The SMILES string of the molecule is COc1ccc(C(N)c2ccc(Cl)o2)cc1C. The van der Waals surface area contributed by atoms with E-state index in [1.54, 1.807) is 19.2 Å². The van der Waals surface area contributed by atoms with Crippen LogP contribution in [0.5, 0.6) is 5.75 Å². The van der Waals surface area contributed by atoms with E-state index in [0.717, 1.165) is 16.9 Å². The van der Waals surface area contributed by atoms with E-state index < -0.39 is 0 Å². The molecule has 3 nitrogen and oxygen atoms in total. The standard InChI is InChI=1S/C13H14ClNO2/c1-8-7-9(3-4-10(8)16-2)13(15)11-5-6-12(14)17-11/h3-7,13H,15H2,1-2H3. The van der Waals surface area contributed by atoms with Crippen molar-refractivity contribution in [3.63, 3.8) is 0 Å². The van der Waals surface area contributed by atoms with Crippen molar-refractivity contribution in [2.75, 3.05) is 7.11 Å². The van der Waals surface area contributed by atoms with E-state index in [-0.39, 0.29) is 6.04 Å². The van der Waals surface area contributed by atoms with Gasteiger partial charge >= 0.3 is 0 Å². The Morgan fingerprint density at radius 2 is 2.06 bits per heavy atom. The minimum absolute atomic E-state index is 0.313. The number of rotatable bonds is 3. The number of hydrogen-bond donors (Lipinski definition) is 1. The van der Waals surface area contributed by atoms with Gasteiger partial charge in [0.2, 0.25) is 0 Å². The molecular weight excluding hydrogens is 238 g/mol. The van der Waals surface area contributed by atoms with Gasteiger partial charge in [-0.3, -0.25) is 0 Å². The highest BCUT2D eigenvalue weighted by Crippen LogP contribution is 2.27. The normalized spacial score (nSPS) is 12.5. The lowest BCUT2D eigenvalue weighted by molar-refractivity contribution is 0.411. The number of benzene rings is 1. The first kappa shape index (κ1) is 12.0. The van der Waals surface area contributed by atoms with Gasteiger partial charge in [0.25, 0.3) is 0 Å². The summed E-state index contributed by atoms with van der Waals surface area (Å²) in [6.45, 7) is 1.98. The molecule has 0 amide bonds. The van der Waals surface area contributed by atoms with E-state index >= 15 is 0 Å². The van der Waals surface area contributed by atoms with Crippen LogP contribution in [0, 0.1) is 6.92 Å². The Kier molecular flexibility index (Phi) is 3.41. The monoisotopic (exact) mass is 251 g/mol. The van der Waals surface area contributed by atoms with Crippen LogP contribution in [0.15, 0.2) is 34.7 Å². The molecule has 1 unspecified atom stereocenters. The maximum absolute atomic E-state index is 6.10. The van der Waals surface area contributed by atoms with Crippen molar-refractivity contribution in [3.8, 4) is 5.75 Å². The third-order valence-electron chi connectivity index (χ3n) is 2.68. The molecule has 1 atom stereocenters.